The molecule has 0 saturated carbocycles. The van der Waals surface area contributed by atoms with Crippen LogP contribution in [0.1, 0.15) is 19.5 Å². The molecule has 0 bridgehead atoms. The fourth-order valence-electron chi connectivity index (χ4n) is 1.61. The maximum atomic E-state index is 8.80. The predicted octanol–water partition coefficient (Wildman–Crippen LogP) is 1.95. The summed E-state index contributed by atoms with van der Waals surface area (Å²) in [5, 5.41) is 12.3. The van der Waals surface area contributed by atoms with E-state index in [-0.39, 0.29) is 0 Å². The average molecular weight is 232 g/mol. The number of aromatic nitrogens is 1. The molecule has 1 rings (SSSR count). The van der Waals surface area contributed by atoms with Crippen molar-refractivity contribution >= 4 is 5.69 Å². The lowest BCUT2D eigenvalue weighted by Gasteiger charge is -2.26. The summed E-state index contributed by atoms with van der Waals surface area (Å²) in [4.78, 5) is 6.12. The maximum absolute atomic E-state index is 8.80. The van der Waals surface area contributed by atoms with E-state index in [0.717, 1.165) is 12.2 Å². The summed E-state index contributed by atoms with van der Waals surface area (Å²) in [5.74, 6) is 0.524. The molecule has 1 heterocycles. The Morgan fingerprint density at radius 2 is 2.18 bits per heavy atom. The van der Waals surface area contributed by atoms with E-state index in [1.807, 2.05) is 12.1 Å². The summed E-state index contributed by atoms with van der Waals surface area (Å²) >= 11 is 0. The first-order chi connectivity index (χ1) is 8.02. The Kier molecular flexibility index (Phi) is 4.92. The van der Waals surface area contributed by atoms with Crippen LogP contribution < -0.4 is 5.32 Å². The largest absolute Gasteiger partial charge is 0.381 e. The average Bonchev–Trinajstić information content (AvgIpc) is 2.27. The van der Waals surface area contributed by atoms with Crippen LogP contribution in [0.4, 0.5) is 5.69 Å². The highest BCUT2D eigenvalue weighted by atomic mass is 15.1. The van der Waals surface area contributed by atoms with Crippen molar-refractivity contribution in [3.63, 3.8) is 0 Å². The van der Waals surface area contributed by atoms with E-state index in [2.05, 4.69) is 43.1 Å². The van der Waals surface area contributed by atoms with Gasteiger partial charge < -0.3 is 10.2 Å². The standard InChI is InChI=1S/C13H20N4/c1-10(2)13(9-17(3)4)16-11-5-6-15-12(7-11)8-14/h5-7,10,13H,9H2,1-4H3,(H,15,16). The molecular weight excluding hydrogens is 212 g/mol. The normalized spacial score (nSPS) is 12.5. The molecule has 0 spiro atoms. The van der Waals surface area contributed by atoms with Crippen molar-refractivity contribution in [2.24, 2.45) is 5.92 Å². The topological polar surface area (TPSA) is 52.0 Å². The minimum atomic E-state index is 0.360. The summed E-state index contributed by atoms with van der Waals surface area (Å²) < 4.78 is 0. The number of hydrogen-bond acceptors (Lipinski definition) is 4. The number of anilines is 1. The molecule has 17 heavy (non-hydrogen) atoms. The second-order valence-corrected chi connectivity index (χ2v) is 4.80. The molecule has 1 atom stereocenters. The van der Waals surface area contributed by atoms with Gasteiger partial charge in [0.15, 0.2) is 0 Å². The molecule has 0 fully saturated rings. The van der Waals surface area contributed by atoms with E-state index in [1.165, 1.54) is 0 Å². The number of hydrogen-bond donors (Lipinski definition) is 1. The number of nitriles is 1. The third-order valence-corrected chi connectivity index (χ3v) is 2.59. The zero-order valence-corrected chi connectivity index (χ0v) is 10.9. The summed E-state index contributed by atoms with van der Waals surface area (Å²) in [5.41, 5.74) is 1.40. The Balaban J connectivity index is 2.75. The number of nitrogens with one attached hydrogen (secondary N) is 1. The molecule has 0 aliphatic carbocycles. The van der Waals surface area contributed by atoms with Gasteiger partial charge in [-0.1, -0.05) is 13.8 Å². The third-order valence-electron chi connectivity index (χ3n) is 2.59. The van der Waals surface area contributed by atoms with Crippen LogP contribution in [0.15, 0.2) is 18.3 Å². The highest BCUT2D eigenvalue weighted by Gasteiger charge is 2.14. The Labute approximate surface area is 103 Å². The summed E-state index contributed by atoms with van der Waals surface area (Å²) in [6.07, 6.45) is 1.66. The predicted molar refractivity (Wildman–Crippen MR) is 69.8 cm³/mol. The van der Waals surface area contributed by atoms with E-state index in [1.54, 1.807) is 12.3 Å². The molecule has 4 nitrogen and oxygen atoms in total. The van der Waals surface area contributed by atoms with E-state index < -0.39 is 0 Å². The molecule has 0 aromatic carbocycles. The third kappa shape index (κ3) is 4.41. The first-order valence-corrected chi connectivity index (χ1v) is 5.80. The zero-order chi connectivity index (χ0) is 12.8. The van der Waals surface area contributed by atoms with E-state index >= 15 is 0 Å². The lowest BCUT2D eigenvalue weighted by atomic mass is 10.0. The molecule has 0 aliphatic rings. The second kappa shape index (κ2) is 6.21. The van der Waals surface area contributed by atoms with Gasteiger partial charge in [0, 0.05) is 24.5 Å². The van der Waals surface area contributed by atoms with Gasteiger partial charge in [-0.15, -0.1) is 0 Å². The molecule has 1 N–H and O–H groups in total. The van der Waals surface area contributed by atoms with Crippen LogP contribution in [0, 0.1) is 17.2 Å². The molecule has 0 radical (unpaired) electrons. The number of pyridine rings is 1. The van der Waals surface area contributed by atoms with Gasteiger partial charge in [0.2, 0.25) is 0 Å². The first-order valence-electron chi connectivity index (χ1n) is 5.80. The lowest BCUT2D eigenvalue weighted by Crippen LogP contribution is -2.36. The lowest BCUT2D eigenvalue weighted by molar-refractivity contribution is 0.344. The van der Waals surface area contributed by atoms with Crippen molar-refractivity contribution in [2.45, 2.75) is 19.9 Å². The van der Waals surface area contributed by atoms with Crippen LogP contribution in [0.5, 0.6) is 0 Å². The summed E-state index contributed by atoms with van der Waals surface area (Å²) in [7, 11) is 4.12. The highest BCUT2D eigenvalue weighted by molar-refractivity contribution is 5.46. The van der Waals surface area contributed by atoms with Gasteiger partial charge in [0.1, 0.15) is 11.8 Å². The Morgan fingerprint density at radius 1 is 1.47 bits per heavy atom. The Hall–Kier alpha value is -1.60. The molecule has 1 aromatic heterocycles. The number of likely N-dealkylation sites (N-methyl/N-ethyl adjacent to an activating group) is 1. The van der Waals surface area contributed by atoms with Crippen molar-refractivity contribution in [2.75, 3.05) is 26.0 Å². The first kappa shape index (κ1) is 13.5. The van der Waals surface area contributed by atoms with Crippen LogP contribution >= 0.6 is 0 Å². The van der Waals surface area contributed by atoms with Gasteiger partial charge in [-0.25, -0.2) is 4.98 Å². The summed E-state index contributed by atoms with van der Waals surface area (Å²) in [6, 6.07) is 6.09. The molecule has 4 heteroatoms. The minimum Gasteiger partial charge on any atom is -0.381 e. The van der Waals surface area contributed by atoms with Crippen molar-refractivity contribution in [1.29, 1.82) is 5.26 Å². The van der Waals surface area contributed by atoms with Crippen LogP contribution in [0.3, 0.4) is 0 Å². The van der Waals surface area contributed by atoms with Crippen LogP contribution in [-0.4, -0.2) is 36.6 Å². The van der Waals surface area contributed by atoms with Crippen molar-refractivity contribution in [3.05, 3.63) is 24.0 Å². The molecule has 1 unspecified atom stereocenters. The van der Waals surface area contributed by atoms with Crippen molar-refractivity contribution < 1.29 is 0 Å². The van der Waals surface area contributed by atoms with E-state index in [9.17, 15) is 0 Å². The zero-order valence-electron chi connectivity index (χ0n) is 10.9. The summed E-state index contributed by atoms with van der Waals surface area (Å²) in [6.45, 7) is 5.34. The maximum Gasteiger partial charge on any atom is 0.142 e. The van der Waals surface area contributed by atoms with E-state index in [0.29, 0.717) is 17.7 Å². The Bertz CT molecular complexity index is 393. The van der Waals surface area contributed by atoms with Crippen LogP contribution in [0.2, 0.25) is 0 Å². The Morgan fingerprint density at radius 3 is 2.71 bits per heavy atom. The molecule has 92 valence electrons. The van der Waals surface area contributed by atoms with Gasteiger partial charge in [-0.05, 0) is 32.1 Å². The molecule has 0 aliphatic heterocycles. The van der Waals surface area contributed by atoms with Gasteiger partial charge in [0.25, 0.3) is 0 Å². The highest BCUT2D eigenvalue weighted by Crippen LogP contribution is 2.13. The van der Waals surface area contributed by atoms with Gasteiger partial charge in [-0.2, -0.15) is 5.26 Å². The second-order valence-electron chi connectivity index (χ2n) is 4.80. The number of nitrogens with zero attached hydrogens (tertiary/aromatic N) is 3. The van der Waals surface area contributed by atoms with Crippen molar-refractivity contribution in [3.8, 4) is 6.07 Å². The van der Waals surface area contributed by atoms with Gasteiger partial charge >= 0.3 is 0 Å². The fourth-order valence-corrected chi connectivity index (χ4v) is 1.61. The molecule has 1 aromatic rings. The van der Waals surface area contributed by atoms with Crippen molar-refractivity contribution in [1.82, 2.24) is 9.88 Å². The van der Waals surface area contributed by atoms with Crippen LogP contribution in [-0.2, 0) is 0 Å². The SMILES string of the molecule is CC(C)C(CN(C)C)Nc1ccnc(C#N)c1. The van der Waals surface area contributed by atoms with Crippen LogP contribution in [0.25, 0.3) is 0 Å². The smallest absolute Gasteiger partial charge is 0.142 e. The monoisotopic (exact) mass is 232 g/mol. The minimum absolute atomic E-state index is 0.360. The molecule has 0 amide bonds. The van der Waals surface area contributed by atoms with E-state index in [4.69, 9.17) is 5.26 Å². The van der Waals surface area contributed by atoms with Gasteiger partial charge in [0.05, 0.1) is 0 Å². The fraction of sp³-hybridized carbons (Fsp3) is 0.538. The van der Waals surface area contributed by atoms with Gasteiger partial charge in [-0.3, -0.25) is 0 Å². The quantitative estimate of drug-likeness (QED) is 0.843. The molecule has 0 saturated heterocycles. The molecular formula is C13H20N4. The number of rotatable bonds is 5.